The van der Waals surface area contributed by atoms with Gasteiger partial charge >= 0.3 is 5.97 Å². The molecule has 0 saturated heterocycles. The number of unbranched alkanes of at least 4 members (excludes halogenated alkanes) is 1. The minimum absolute atomic E-state index is 0.433. The topological polar surface area (TPSA) is 26.3 Å². The summed E-state index contributed by atoms with van der Waals surface area (Å²) in [6.07, 6.45) is 1.72. The number of esters is 1. The lowest BCUT2D eigenvalue weighted by Crippen LogP contribution is -2.22. The zero-order valence-electron chi connectivity index (χ0n) is 8.23. The average molecular weight is 168 g/mol. The van der Waals surface area contributed by atoms with Crippen LogP contribution in [0.5, 0.6) is 0 Å². The molecule has 2 nitrogen and oxygen atoms in total. The molecule has 0 heterocycles. The first-order valence-electron chi connectivity index (χ1n) is 4.17. The molecule has 0 aromatic carbocycles. The molecule has 2 heteroatoms. The fourth-order valence-corrected chi connectivity index (χ4v) is 0.563. The smallest absolute Gasteiger partial charge is 0.384 e. The summed E-state index contributed by atoms with van der Waals surface area (Å²) in [5.74, 6) is 4.73. The Morgan fingerprint density at radius 1 is 1.42 bits per heavy atom. The largest absolute Gasteiger partial charge is 0.450 e. The minimum atomic E-state index is -0.434. The molecule has 0 saturated carbocycles. The number of rotatable bonds is 1. The van der Waals surface area contributed by atoms with Gasteiger partial charge in [-0.15, -0.1) is 0 Å². The number of carbonyl (C=O) groups excluding carboxylic acids is 1. The zero-order chi connectivity index (χ0) is 9.61. The quantitative estimate of drug-likeness (QED) is 0.340. The maximum absolute atomic E-state index is 10.9. The summed E-state index contributed by atoms with van der Waals surface area (Å²) in [5, 5.41) is 0. The first-order valence-corrected chi connectivity index (χ1v) is 4.17. The highest BCUT2D eigenvalue weighted by Gasteiger charge is 2.13. The van der Waals surface area contributed by atoms with Crippen LogP contribution in [-0.2, 0) is 9.53 Å². The standard InChI is InChI=1S/C10H16O2/c1-5-6-7-8-9(11)12-10(2,3)4/h5-6H2,1-4H3. The van der Waals surface area contributed by atoms with E-state index in [9.17, 15) is 4.79 Å². The fourth-order valence-electron chi connectivity index (χ4n) is 0.563. The van der Waals surface area contributed by atoms with Crippen molar-refractivity contribution >= 4 is 5.97 Å². The molecular formula is C10H16O2. The van der Waals surface area contributed by atoms with Gasteiger partial charge in [0.25, 0.3) is 0 Å². The number of carbonyl (C=O) groups is 1. The molecule has 0 atom stereocenters. The lowest BCUT2D eigenvalue weighted by atomic mass is 10.2. The lowest BCUT2D eigenvalue weighted by molar-refractivity contribution is -0.147. The Morgan fingerprint density at radius 3 is 2.42 bits per heavy atom. The van der Waals surface area contributed by atoms with Crippen LogP contribution in [0.2, 0.25) is 0 Å². The van der Waals surface area contributed by atoms with Crippen molar-refractivity contribution in [2.45, 2.75) is 46.1 Å². The van der Waals surface area contributed by atoms with Gasteiger partial charge in [-0.05, 0) is 27.2 Å². The molecule has 68 valence electrons. The molecule has 0 radical (unpaired) electrons. The van der Waals surface area contributed by atoms with E-state index in [1.165, 1.54) is 0 Å². The molecule has 0 bridgehead atoms. The molecule has 0 unspecified atom stereocenters. The van der Waals surface area contributed by atoms with E-state index in [-0.39, 0.29) is 0 Å². The van der Waals surface area contributed by atoms with Gasteiger partial charge in [-0.2, -0.15) is 0 Å². The van der Waals surface area contributed by atoms with Gasteiger partial charge in [0.1, 0.15) is 5.60 Å². The molecule has 0 aliphatic heterocycles. The van der Waals surface area contributed by atoms with E-state index >= 15 is 0 Å². The molecule has 0 aliphatic carbocycles. The first-order chi connectivity index (χ1) is 5.45. The van der Waals surface area contributed by atoms with Gasteiger partial charge in [0, 0.05) is 12.3 Å². The van der Waals surface area contributed by atoms with Gasteiger partial charge in [-0.1, -0.05) is 12.8 Å². The van der Waals surface area contributed by atoms with Crippen molar-refractivity contribution in [2.24, 2.45) is 0 Å². The fraction of sp³-hybridized carbons (Fsp3) is 0.700. The van der Waals surface area contributed by atoms with Crippen molar-refractivity contribution in [3.05, 3.63) is 0 Å². The molecule has 0 N–H and O–H groups in total. The molecule has 0 amide bonds. The summed E-state index contributed by atoms with van der Waals surface area (Å²) < 4.78 is 4.97. The molecule has 0 spiro atoms. The van der Waals surface area contributed by atoms with Crippen molar-refractivity contribution in [3.63, 3.8) is 0 Å². The van der Waals surface area contributed by atoms with E-state index in [2.05, 4.69) is 11.8 Å². The minimum Gasteiger partial charge on any atom is -0.450 e. The lowest BCUT2D eigenvalue weighted by Gasteiger charge is -2.16. The van der Waals surface area contributed by atoms with E-state index in [4.69, 9.17) is 4.74 Å². The Labute approximate surface area is 74.3 Å². The van der Waals surface area contributed by atoms with E-state index in [0.29, 0.717) is 0 Å². The maximum Gasteiger partial charge on any atom is 0.384 e. The Balaban J connectivity index is 3.85. The SMILES string of the molecule is CCCC#CC(=O)OC(C)(C)C. The first kappa shape index (κ1) is 11.0. The van der Waals surface area contributed by atoms with E-state index in [1.54, 1.807) is 0 Å². The summed E-state index contributed by atoms with van der Waals surface area (Å²) in [6, 6.07) is 0. The van der Waals surface area contributed by atoms with Crippen LogP contribution in [0.15, 0.2) is 0 Å². The number of ether oxygens (including phenoxy) is 1. The second kappa shape index (κ2) is 4.82. The molecule has 0 aliphatic rings. The van der Waals surface area contributed by atoms with Crippen molar-refractivity contribution in [1.29, 1.82) is 0 Å². The van der Waals surface area contributed by atoms with Crippen LogP contribution in [0.25, 0.3) is 0 Å². The third-order valence-corrected chi connectivity index (χ3v) is 0.964. The Hall–Kier alpha value is -0.970. The zero-order valence-corrected chi connectivity index (χ0v) is 8.23. The molecule has 12 heavy (non-hydrogen) atoms. The van der Waals surface area contributed by atoms with Crippen molar-refractivity contribution in [3.8, 4) is 11.8 Å². The molecular weight excluding hydrogens is 152 g/mol. The van der Waals surface area contributed by atoms with Crippen LogP contribution >= 0.6 is 0 Å². The van der Waals surface area contributed by atoms with Gasteiger partial charge in [0.05, 0.1) is 0 Å². The average Bonchev–Trinajstić information content (AvgIpc) is 1.84. The second-order valence-electron chi connectivity index (χ2n) is 3.55. The Bertz CT molecular complexity index is 200. The summed E-state index contributed by atoms with van der Waals surface area (Å²) in [7, 11) is 0. The van der Waals surface area contributed by atoms with Gasteiger partial charge in [-0.25, -0.2) is 4.79 Å². The van der Waals surface area contributed by atoms with Crippen LogP contribution in [0.1, 0.15) is 40.5 Å². The summed E-state index contributed by atoms with van der Waals surface area (Å²) in [4.78, 5) is 10.9. The summed E-state index contributed by atoms with van der Waals surface area (Å²) in [5.41, 5.74) is -0.433. The van der Waals surface area contributed by atoms with Crippen molar-refractivity contribution in [1.82, 2.24) is 0 Å². The third-order valence-electron chi connectivity index (χ3n) is 0.964. The molecule has 0 fully saturated rings. The molecule has 0 rings (SSSR count). The highest BCUT2D eigenvalue weighted by Crippen LogP contribution is 2.05. The Kier molecular flexibility index (Phi) is 4.43. The van der Waals surface area contributed by atoms with E-state index < -0.39 is 11.6 Å². The van der Waals surface area contributed by atoms with Crippen LogP contribution in [0, 0.1) is 11.8 Å². The van der Waals surface area contributed by atoms with E-state index in [1.807, 2.05) is 27.7 Å². The predicted octanol–water partition coefficient (Wildman–Crippen LogP) is 2.13. The number of hydrogen-bond donors (Lipinski definition) is 0. The molecule has 0 aromatic heterocycles. The van der Waals surface area contributed by atoms with Gasteiger partial charge in [0.2, 0.25) is 0 Å². The predicted molar refractivity (Wildman–Crippen MR) is 48.5 cm³/mol. The second-order valence-corrected chi connectivity index (χ2v) is 3.55. The van der Waals surface area contributed by atoms with Gasteiger partial charge < -0.3 is 4.74 Å². The van der Waals surface area contributed by atoms with Crippen LogP contribution in [-0.4, -0.2) is 11.6 Å². The normalized spacial score (nSPS) is 10.0. The van der Waals surface area contributed by atoms with Crippen molar-refractivity contribution in [2.75, 3.05) is 0 Å². The van der Waals surface area contributed by atoms with Crippen LogP contribution in [0.3, 0.4) is 0 Å². The van der Waals surface area contributed by atoms with Gasteiger partial charge in [0.15, 0.2) is 0 Å². The van der Waals surface area contributed by atoms with E-state index in [0.717, 1.165) is 12.8 Å². The maximum atomic E-state index is 10.9. The Morgan fingerprint density at radius 2 is 2.00 bits per heavy atom. The monoisotopic (exact) mass is 168 g/mol. The molecule has 0 aromatic rings. The highest BCUT2D eigenvalue weighted by molar-refractivity contribution is 5.88. The van der Waals surface area contributed by atoms with Gasteiger partial charge in [-0.3, -0.25) is 0 Å². The summed E-state index contributed by atoms with van der Waals surface area (Å²) >= 11 is 0. The van der Waals surface area contributed by atoms with Crippen LogP contribution in [0.4, 0.5) is 0 Å². The summed E-state index contributed by atoms with van der Waals surface area (Å²) in [6.45, 7) is 7.50. The van der Waals surface area contributed by atoms with Crippen molar-refractivity contribution < 1.29 is 9.53 Å². The highest BCUT2D eigenvalue weighted by atomic mass is 16.6. The number of hydrogen-bond acceptors (Lipinski definition) is 2. The van der Waals surface area contributed by atoms with Crippen LogP contribution < -0.4 is 0 Å². The third kappa shape index (κ3) is 7.14.